The van der Waals surface area contributed by atoms with E-state index in [1.165, 1.54) is 11.8 Å². The molecule has 0 N–H and O–H groups in total. The van der Waals surface area contributed by atoms with E-state index in [4.69, 9.17) is 11.6 Å². The summed E-state index contributed by atoms with van der Waals surface area (Å²) < 4.78 is 0. The van der Waals surface area contributed by atoms with Gasteiger partial charge in [-0.2, -0.15) is 0 Å². The van der Waals surface area contributed by atoms with E-state index in [2.05, 4.69) is 0 Å². The van der Waals surface area contributed by atoms with Gasteiger partial charge in [-0.05, 0) is 30.0 Å². The van der Waals surface area contributed by atoms with E-state index < -0.39 is 5.24 Å². The zero-order chi connectivity index (χ0) is 8.27. The molecule has 0 saturated carbocycles. The van der Waals surface area contributed by atoms with Crippen molar-refractivity contribution in [2.45, 2.75) is 4.90 Å². The van der Waals surface area contributed by atoms with Gasteiger partial charge in [-0.15, -0.1) is 11.8 Å². The molecule has 0 aliphatic heterocycles. The monoisotopic (exact) mass is 186 g/mol. The molecular weight excluding hydrogens is 180 g/mol. The minimum absolute atomic E-state index is 0.394. The smallest absolute Gasteiger partial charge is 0.253 e. The molecule has 0 spiro atoms. The summed E-state index contributed by atoms with van der Waals surface area (Å²) >= 11 is 6.85. The minimum atomic E-state index is -0.394. The van der Waals surface area contributed by atoms with Crippen molar-refractivity contribution in [2.24, 2.45) is 0 Å². The van der Waals surface area contributed by atoms with Gasteiger partial charge in [-0.1, -0.05) is 12.1 Å². The highest BCUT2D eigenvalue weighted by molar-refractivity contribution is 7.98. The van der Waals surface area contributed by atoms with Gasteiger partial charge in [0, 0.05) is 10.5 Å². The normalized spacial score (nSPS) is 9.64. The summed E-state index contributed by atoms with van der Waals surface area (Å²) in [4.78, 5) is 11.7. The van der Waals surface area contributed by atoms with Crippen LogP contribution in [0.15, 0.2) is 29.2 Å². The van der Waals surface area contributed by atoms with E-state index in [0.717, 1.165) is 4.90 Å². The lowest BCUT2D eigenvalue weighted by Gasteiger charge is -1.99. The van der Waals surface area contributed by atoms with Crippen LogP contribution in [0.25, 0.3) is 0 Å². The molecule has 1 aromatic carbocycles. The Kier molecular flexibility index (Phi) is 2.97. The van der Waals surface area contributed by atoms with E-state index >= 15 is 0 Å². The van der Waals surface area contributed by atoms with Crippen molar-refractivity contribution in [1.29, 1.82) is 0 Å². The molecule has 0 atom stereocenters. The molecule has 1 aromatic rings. The Morgan fingerprint density at radius 2 is 2.09 bits per heavy atom. The molecule has 0 bridgehead atoms. The van der Waals surface area contributed by atoms with E-state index in [9.17, 15) is 4.79 Å². The highest BCUT2D eigenvalue weighted by atomic mass is 35.5. The predicted molar refractivity (Wildman–Crippen MR) is 48.4 cm³/mol. The lowest BCUT2D eigenvalue weighted by atomic mass is 10.2. The number of thioether (sulfide) groups is 1. The number of hydrogen-bond donors (Lipinski definition) is 0. The van der Waals surface area contributed by atoms with Crippen LogP contribution in [0.3, 0.4) is 0 Å². The van der Waals surface area contributed by atoms with Gasteiger partial charge in [0.1, 0.15) is 0 Å². The summed E-state index contributed by atoms with van der Waals surface area (Å²) in [7, 11) is 0. The van der Waals surface area contributed by atoms with Crippen LogP contribution in [0.2, 0.25) is 0 Å². The van der Waals surface area contributed by atoms with Crippen LogP contribution in [-0.2, 0) is 0 Å². The van der Waals surface area contributed by atoms with Gasteiger partial charge in [0.05, 0.1) is 0 Å². The van der Waals surface area contributed by atoms with Crippen molar-refractivity contribution in [3.63, 3.8) is 0 Å². The zero-order valence-electron chi connectivity index (χ0n) is 6.00. The van der Waals surface area contributed by atoms with Gasteiger partial charge in [0.2, 0.25) is 0 Å². The van der Waals surface area contributed by atoms with E-state index in [1.54, 1.807) is 12.1 Å². The molecule has 0 aliphatic rings. The molecule has 1 rings (SSSR count). The predicted octanol–water partition coefficient (Wildman–Crippen LogP) is 2.79. The Hall–Kier alpha value is -0.470. The van der Waals surface area contributed by atoms with Crippen LogP contribution in [0.5, 0.6) is 0 Å². The van der Waals surface area contributed by atoms with Crippen LogP contribution in [-0.4, -0.2) is 11.5 Å². The fraction of sp³-hybridized carbons (Fsp3) is 0.125. The molecule has 58 valence electrons. The Balaban J connectivity index is 3.12. The van der Waals surface area contributed by atoms with Crippen molar-refractivity contribution in [3.05, 3.63) is 29.8 Å². The van der Waals surface area contributed by atoms with Gasteiger partial charge in [-0.25, -0.2) is 0 Å². The molecule has 1 nitrogen and oxygen atoms in total. The third-order valence-corrected chi connectivity index (χ3v) is 2.32. The molecule has 3 heteroatoms. The number of benzene rings is 1. The lowest BCUT2D eigenvalue weighted by molar-refractivity contribution is 0.107. The quantitative estimate of drug-likeness (QED) is 0.522. The van der Waals surface area contributed by atoms with E-state index in [-0.39, 0.29) is 0 Å². The second-order valence-electron chi connectivity index (χ2n) is 1.97. The summed E-state index contributed by atoms with van der Waals surface area (Å²) in [6, 6.07) is 7.28. The van der Waals surface area contributed by atoms with Crippen LogP contribution >= 0.6 is 23.4 Å². The summed E-state index contributed by atoms with van der Waals surface area (Å²) in [5, 5.41) is -0.394. The van der Waals surface area contributed by atoms with Crippen molar-refractivity contribution >= 4 is 28.6 Å². The first-order valence-corrected chi connectivity index (χ1v) is 4.69. The number of hydrogen-bond acceptors (Lipinski definition) is 2. The molecule has 0 aromatic heterocycles. The van der Waals surface area contributed by atoms with Crippen LogP contribution in [0.1, 0.15) is 10.4 Å². The average Bonchev–Trinajstić information content (AvgIpc) is 2.04. The van der Waals surface area contributed by atoms with Crippen molar-refractivity contribution in [3.8, 4) is 0 Å². The first-order chi connectivity index (χ1) is 5.25. The molecular formula is C8H7ClOS. The largest absolute Gasteiger partial charge is 0.276 e. The molecule has 0 unspecified atom stereocenters. The molecule has 0 saturated heterocycles. The highest BCUT2D eigenvalue weighted by Crippen LogP contribution is 2.20. The second-order valence-corrected chi connectivity index (χ2v) is 3.17. The summed E-state index contributed by atoms with van der Waals surface area (Å²) in [5.74, 6) is 0. The summed E-state index contributed by atoms with van der Waals surface area (Å²) in [6.07, 6.45) is 1.92. The van der Waals surface area contributed by atoms with Gasteiger partial charge >= 0.3 is 0 Å². The second kappa shape index (κ2) is 3.79. The van der Waals surface area contributed by atoms with Crippen molar-refractivity contribution < 1.29 is 4.79 Å². The maximum atomic E-state index is 10.8. The van der Waals surface area contributed by atoms with Gasteiger partial charge < -0.3 is 0 Å². The number of halogens is 1. The Morgan fingerprint density at radius 3 is 2.55 bits per heavy atom. The molecule has 0 radical (unpaired) electrons. The van der Waals surface area contributed by atoms with Crippen LogP contribution in [0.4, 0.5) is 0 Å². The molecule has 0 aliphatic carbocycles. The molecule has 0 amide bonds. The number of rotatable bonds is 2. The summed E-state index contributed by atoms with van der Waals surface area (Å²) in [6.45, 7) is 0. The number of carbonyl (C=O) groups is 1. The van der Waals surface area contributed by atoms with E-state index in [0.29, 0.717) is 5.56 Å². The van der Waals surface area contributed by atoms with E-state index in [1.807, 2.05) is 18.4 Å². The van der Waals surface area contributed by atoms with Crippen LogP contribution < -0.4 is 0 Å². The maximum Gasteiger partial charge on any atom is 0.253 e. The topological polar surface area (TPSA) is 17.1 Å². The molecule has 0 fully saturated rings. The molecule has 0 heterocycles. The van der Waals surface area contributed by atoms with Gasteiger partial charge in [0.25, 0.3) is 5.24 Å². The van der Waals surface area contributed by atoms with Crippen molar-refractivity contribution in [2.75, 3.05) is 6.26 Å². The Labute approximate surface area is 74.7 Å². The Bertz CT molecular complexity index is 273. The van der Waals surface area contributed by atoms with Crippen molar-refractivity contribution in [1.82, 2.24) is 0 Å². The maximum absolute atomic E-state index is 10.8. The summed E-state index contributed by atoms with van der Waals surface area (Å²) in [5.41, 5.74) is 0.585. The third-order valence-electron chi connectivity index (χ3n) is 1.32. The Morgan fingerprint density at radius 1 is 1.45 bits per heavy atom. The standard InChI is InChI=1S/C8H7ClOS/c1-11-7-5-3-2-4-6(7)8(9)10/h2-5H,1H3. The minimum Gasteiger partial charge on any atom is -0.276 e. The highest BCUT2D eigenvalue weighted by Gasteiger charge is 2.05. The van der Waals surface area contributed by atoms with Gasteiger partial charge in [0.15, 0.2) is 0 Å². The fourth-order valence-electron chi connectivity index (χ4n) is 0.807. The first kappa shape index (κ1) is 8.62. The fourth-order valence-corrected chi connectivity index (χ4v) is 1.62. The first-order valence-electron chi connectivity index (χ1n) is 3.08. The third kappa shape index (κ3) is 1.98. The SMILES string of the molecule is CSc1ccccc1C(=O)Cl. The average molecular weight is 187 g/mol. The van der Waals surface area contributed by atoms with Gasteiger partial charge in [-0.3, -0.25) is 4.79 Å². The molecule has 11 heavy (non-hydrogen) atoms. The van der Waals surface area contributed by atoms with Crippen LogP contribution in [0, 0.1) is 0 Å². The zero-order valence-corrected chi connectivity index (χ0v) is 7.58. The lowest BCUT2D eigenvalue weighted by Crippen LogP contribution is -1.90. The number of carbonyl (C=O) groups excluding carboxylic acids is 1.